The number of carbonyl (C=O) groups is 2. The van der Waals surface area contributed by atoms with Crippen LogP contribution < -0.4 is 14.4 Å². The molecule has 0 aromatic heterocycles. The normalized spacial score (nSPS) is 12.7. The van der Waals surface area contributed by atoms with E-state index in [4.69, 9.17) is 27.9 Å². The zero-order chi connectivity index (χ0) is 31.0. The maximum Gasteiger partial charge on any atom is 0.264 e. The van der Waals surface area contributed by atoms with Gasteiger partial charge in [-0.25, -0.2) is 8.42 Å². The lowest BCUT2D eigenvalue weighted by molar-refractivity contribution is -0.139. The zero-order valence-corrected chi connectivity index (χ0v) is 26.8. The van der Waals surface area contributed by atoms with Crippen LogP contribution in [-0.4, -0.2) is 50.4 Å². The molecule has 0 bridgehead atoms. The molecule has 0 aliphatic rings. The summed E-state index contributed by atoms with van der Waals surface area (Å²) < 4.78 is 34.5. The molecule has 3 aromatic rings. The van der Waals surface area contributed by atoms with E-state index in [1.165, 1.54) is 17.0 Å². The van der Waals surface area contributed by atoms with Crippen LogP contribution in [0.1, 0.15) is 45.2 Å². The van der Waals surface area contributed by atoms with Crippen LogP contribution in [0.5, 0.6) is 5.75 Å². The minimum atomic E-state index is -4.21. The van der Waals surface area contributed by atoms with E-state index in [1.54, 1.807) is 61.5 Å². The van der Waals surface area contributed by atoms with Crippen LogP contribution in [0, 0.1) is 6.92 Å². The van der Waals surface area contributed by atoms with Gasteiger partial charge in [-0.1, -0.05) is 53.9 Å². The van der Waals surface area contributed by atoms with Gasteiger partial charge in [-0.05, 0) is 82.6 Å². The third-order valence-corrected chi connectivity index (χ3v) is 9.38. The molecule has 0 fully saturated rings. The minimum absolute atomic E-state index is 0.0115. The van der Waals surface area contributed by atoms with Gasteiger partial charge in [0.05, 0.1) is 17.2 Å². The Morgan fingerprint density at radius 2 is 1.52 bits per heavy atom. The van der Waals surface area contributed by atoms with E-state index < -0.39 is 28.5 Å². The lowest BCUT2D eigenvalue weighted by Gasteiger charge is -2.33. The molecule has 0 aliphatic heterocycles. The van der Waals surface area contributed by atoms with E-state index in [0.29, 0.717) is 40.1 Å². The summed E-state index contributed by atoms with van der Waals surface area (Å²) in [5, 5.41) is 3.55. The summed E-state index contributed by atoms with van der Waals surface area (Å²) in [5.74, 6) is -0.455. The average molecular weight is 635 g/mol. The van der Waals surface area contributed by atoms with Gasteiger partial charge in [0.2, 0.25) is 11.8 Å². The minimum Gasteiger partial charge on any atom is -0.494 e. The van der Waals surface area contributed by atoms with Crippen molar-refractivity contribution in [1.82, 2.24) is 10.2 Å². The molecule has 0 radical (unpaired) electrons. The van der Waals surface area contributed by atoms with Crippen molar-refractivity contribution in [2.75, 3.05) is 17.5 Å². The average Bonchev–Trinajstić information content (AvgIpc) is 2.96. The quantitative estimate of drug-likeness (QED) is 0.241. The Kier molecular flexibility index (Phi) is 11.7. The van der Waals surface area contributed by atoms with Crippen molar-refractivity contribution in [3.63, 3.8) is 0 Å². The van der Waals surface area contributed by atoms with E-state index in [9.17, 15) is 18.0 Å². The molecular formula is C31H37Cl2N3O5S. The van der Waals surface area contributed by atoms with Crippen LogP contribution in [0.15, 0.2) is 71.6 Å². The van der Waals surface area contributed by atoms with Crippen molar-refractivity contribution in [2.45, 2.75) is 64.6 Å². The second kappa shape index (κ2) is 14.8. The molecule has 0 heterocycles. The van der Waals surface area contributed by atoms with Gasteiger partial charge < -0.3 is 15.0 Å². The predicted molar refractivity (Wildman–Crippen MR) is 168 cm³/mol. The summed E-state index contributed by atoms with van der Waals surface area (Å²) in [6, 6.07) is 16.7. The van der Waals surface area contributed by atoms with Crippen LogP contribution in [-0.2, 0) is 26.2 Å². The van der Waals surface area contributed by atoms with Crippen molar-refractivity contribution in [1.29, 1.82) is 0 Å². The molecule has 0 saturated heterocycles. The molecule has 0 aliphatic carbocycles. The summed E-state index contributed by atoms with van der Waals surface area (Å²) in [6.07, 6.45) is 0.699. The van der Waals surface area contributed by atoms with Crippen molar-refractivity contribution in [3.05, 3.63) is 87.9 Å². The molecule has 11 heteroatoms. The number of benzene rings is 3. The summed E-state index contributed by atoms with van der Waals surface area (Å²) in [6.45, 7) is 8.88. The monoisotopic (exact) mass is 633 g/mol. The van der Waals surface area contributed by atoms with Crippen molar-refractivity contribution >= 4 is 50.7 Å². The topological polar surface area (TPSA) is 96.0 Å². The first-order chi connectivity index (χ1) is 19.9. The first kappa shape index (κ1) is 33.2. The van der Waals surface area contributed by atoms with Gasteiger partial charge in [0.1, 0.15) is 18.3 Å². The van der Waals surface area contributed by atoms with Crippen molar-refractivity contribution < 1.29 is 22.7 Å². The molecule has 0 spiro atoms. The standard InChI is InChI=1S/C31H37Cl2N3O5S/c1-6-22(4)34-31(38)23(5)35(19-27-28(32)9-8-10-29(27)33)30(37)20-36(24-13-11-21(3)12-14-24)42(39,40)26-17-15-25(16-18-26)41-7-2/h8-18,22-23H,6-7,19-20H2,1-5H3,(H,34,38)/t22-,23+/m0/s1. The Morgan fingerprint density at radius 1 is 0.929 bits per heavy atom. The lowest BCUT2D eigenvalue weighted by atomic mass is 10.1. The third-order valence-electron chi connectivity index (χ3n) is 6.88. The maximum atomic E-state index is 14.1. The van der Waals surface area contributed by atoms with Crippen LogP contribution in [0.3, 0.4) is 0 Å². The molecular weight excluding hydrogens is 597 g/mol. The molecule has 226 valence electrons. The first-order valence-corrected chi connectivity index (χ1v) is 15.9. The Morgan fingerprint density at radius 3 is 2.07 bits per heavy atom. The number of ether oxygens (including phenoxy) is 1. The summed E-state index contributed by atoms with van der Waals surface area (Å²) >= 11 is 12.9. The molecule has 1 N–H and O–H groups in total. The van der Waals surface area contributed by atoms with Gasteiger partial charge in [-0.2, -0.15) is 0 Å². The van der Waals surface area contributed by atoms with E-state index in [0.717, 1.165) is 9.87 Å². The van der Waals surface area contributed by atoms with Crippen LogP contribution in [0.25, 0.3) is 0 Å². The van der Waals surface area contributed by atoms with Gasteiger partial charge in [0.25, 0.3) is 10.0 Å². The SMILES string of the molecule is CCOc1ccc(S(=O)(=O)N(CC(=O)N(Cc2c(Cl)cccc2Cl)[C@H](C)C(=O)N[C@@H](C)CC)c2ccc(C)cc2)cc1. The predicted octanol–water partition coefficient (Wildman–Crippen LogP) is 6.23. The number of nitrogens with zero attached hydrogens (tertiary/aromatic N) is 2. The van der Waals surface area contributed by atoms with Gasteiger partial charge in [0.15, 0.2) is 0 Å². The fraction of sp³-hybridized carbons (Fsp3) is 0.355. The number of amides is 2. The number of carbonyl (C=O) groups excluding carboxylic acids is 2. The number of aryl methyl sites for hydroxylation is 1. The van der Waals surface area contributed by atoms with E-state index in [-0.39, 0.29) is 23.4 Å². The highest BCUT2D eigenvalue weighted by Gasteiger charge is 2.33. The van der Waals surface area contributed by atoms with E-state index in [1.807, 2.05) is 27.7 Å². The number of hydrogen-bond acceptors (Lipinski definition) is 5. The Labute approximate surface area is 258 Å². The van der Waals surface area contributed by atoms with E-state index >= 15 is 0 Å². The van der Waals surface area contributed by atoms with Crippen LogP contribution in [0.2, 0.25) is 10.0 Å². The second-order valence-electron chi connectivity index (χ2n) is 9.97. The molecule has 2 amide bonds. The molecule has 2 atom stereocenters. The number of rotatable bonds is 13. The van der Waals surface area contributed by atoms with Gasteiger partial charge >= 0.3 is 0 Å². The number of anilines is 1. The smallest absolute Gasteiger partial charge is 0.264 e. The summed E-state index contributed by atoms with van der Waals surface area (Å²) in [4.78, 5) is 28.6. The molecule has 0 saturated carbocycles. The van der Waals surface area contributed by atoms with Crippen LogP contribution >= 0.6 is 23.2 Å². The fourth-order valence-electron chi connectivity index (χ4n) is 4.14. The number of hydrogen-bond donors (Lipinski definition) is 1. The number of sulfonamides is 1. The van der Waals surface area contributed by atoms with Crippen molar-refractivity contribution in [2.24, 2.45) is 0 Å². The Balaban J connectivity index is 2.05. The highest BCUT2D eigenvalue weighted by atomic mass is 35.5. The molecule has 42 heavy (non-hydrogen) atoms. The molecule has 0 unspecified atom stereocenters. The number of halogens is 2. The summed E-state index contributed by atoms with van der Waals surface area (Å²) in [7, 11) is -4.21. The number of nitrogens with one attached hydrogen (secondary N) is 1. The zero-order valence-electron chi connectivity index (χ0n) is 24.4. The molecule has 3 rings (SSSR count). The first-order valence-electron chi connectivity index (χ1n) is 13.7. The Bertz CT molecular complexity index is 1460. The van der Waals surface area contributed by atoms with Gasteiger partial charge in [-0.3, -0.25) is 13.9 Å². The highest BCUT2D eigenvalue weighted by molar-refractivity contribution is 7.92. The van der Waals surface area contributed by atoms with Crippen molar-refractivity contribution in [3.8, 4) is 5.75 Å². The Hall–Kier alpha value is -3.27. The third kappa shape index (κ3) is 8.18. The lowest BCUT2D eigenvalue weighted by Crippen LogP contribution is -2.52. The highest BCUT2D eigenvalue weighted by Crippen LogP contribution is 2.29. The van der Waals surface area contributed by atoms with E-state index in [2.05, 4.69) is 5.32 Å². The summed E-state index contributed by atoms with van der Waals surface area (Å²) in [5.41, 5.74) is 1.68. The second-order valence-corrected chi connectivity index (χ2v) is 12.6. The van der Waals surface area contributed by atoms with Gasteiger partial charge in [-0.15, -0.1) is 0 Å². The fourth-order valence-corrected chi connectivity index (χ4v) is 6.07. The van der Waals surface area contributed by atoms with Crippen LogP contribution in [0.4, 0.5) is 5.69 Å². The van der Waals surface area contributed by atoms with Gasteiger partial charge in [0, 0.05) is 28.2 Å². The molecule has 3 aromatic carbocycles. The molecule has 8 nitrogen and oxygen atoms in total. The maximum absolute atomic E-state index is 14.1. The largest absolute Gasteiger partial charge is 0.494 e.